The Bertz CT molecular complexity index is 1290. The lowest BCUT2D eigenvalue weighted by atomic mass is 9.88. The number of carbonyl (C=O) groups excluding carboxylic acids is 3. The number of ether oxygens (including phenoxy) is 1. The maximum absolute atomic E-state index is 13.1. The van der Waals surface area contributed by atoms with Crippen LogP contribution in [0.25, 0.3) is 11.1 Å². The molecule has 1 atom stereocenters. The molecule has 2 heterocycles. The number of carbonyl (C=O) groups is 3. The molecule has 3 aromatic rings. The SMILES string of the molecule is COc1ccc2c(c1)C(=O)N(C[C@@]1(c3ccc(-c4ccccc4O)cc3)NC(=O)NC1=O)C2. The van der Waals surface area contributed by atoms with Crippen LogP contribution in [0.15, 0.2) is 66.7 Å². The Hall–Kier alpha value is -4.33. The first kappa shape index (κ1) is 20.6. The van der Waals surface area contributed by atoms with E-state index in [1.165, 1.54) is 7.11 Å². The zero-order valence-corrected chi connectivity index (χ0v) is 17.8. The average Bonchev–Trinajstić information content (AvgIpc) is 3.29. The number of rotatable bonds is 5. The van der Waals surface area contributed by atoms with Gasteiger partial charge < -0.3 is 20.1 Å². The van der Waals surface area contributed by atoms with Crippen LogP contribution >= 0.6 is 0 Å². The van der Waals surface area contributed by atoms with E-state index in [1.54, 1.807) is 59.5 Å². The fourth-order valence-corrected chi connectivity index (χ4v) is 4.43. The number of phenols is 1. The highest BCUT2D eigenvalue weighted by atomic mass is 16.5. The van der Waals surface area contributed by atoms with Gasteiger partial charge in [0.2, 0.25) is 0 Å². The molecule has 0 radical (unpaired) electrons. The van der Waals surface area contributed by atoms with Gasteiger partial charge in [0, 0.05) is 17.7 Å². The molecule has 2 aliphatic heterocycles. The van der Waals surface area contributed by atoms with Crippen molar-refractivity contribution in [2.45, 2.75) is 12.1 Å². The van der Waals surface area contributed by atoms with Crippen LogP contribution in [0.2, 0.25) is 0 Å². The zero-order chi connectivity index (χ0) is 23.2. The summed E-state index contributed by atoms with van der Waals surface area (Å²) < 4.78 is 5.22. The van der Waals surface area contributed by atoms with Crippen LogP contribution in [0.3, 0.4) is 0 Å². The number of fused-ring (bicyclic) bond motifs is 1. The standard InChI is InChI=1S/C25H21N3O5/c1-33-18-11-8-16-13-28(22(30)20(16)12-18)14-25(23(31)26-24(32)27-25)17-9-6-15(7-10-17)19-4-2-3-5-21(19)29/h2-12,29H,13-14H2,1H3,(H2,26,27,31,32)/t25-/m0/s1. The van der Waals surface area contributed by atoms with Crippen molar-refractivity contribution in [3.8, 4) is 22.6 Å². The Balaban J connectivity index is 1.49. The van der Waals surface area contributed by atoms with E-state index in [2.05, 4.69) is 10.6 Å². The summed E-state index contributed by atoms with van der Waals surface area (Å²) >= 11 is 0. The van der Waals surface area contributed by atoms with Crippen LogP contribution in [-0.2, 0) is 16.9 Å². The quantitative estimate of drug-likeness (QED) is 0.526. The van der Waals surface area contributed by atoms with Gasteiger partial charge in [0.1, 0.15) is 11.5 Å². The Morgan fingerprint density at radius 1 is 1.00 bits per heavy atom. The Labute approximate surface area is 189 Å². The molecule has 3 N–H and O–H groups in total. The molecule has 4 amide bonds. The van der Waals surface area contributed by atoms with Crippen LogP contribution in [-0.4, -0.2) is 41.5 Å². The predicted octanol–water partition coefficient (Wildman–Crippen LogP) is 2.76. The van der Waals surface area contributed by atoms with Crippen LogP contribution < -0.4 is 15.4 Å². The minimum Gasteiger partial charge on any atom is -0.507 e. The number of hydrogen-bond donors (Lipinski definition) is 3. The molecule has 1 saturated heterocycles. The normalized spacial score (nSPS) is 19.3. The smallest absolute Gasteiger partial charge is 0.322 e. The Morgan fingerprint density at radius 2 is 1.76 bits per heavy atom. The summed E-state index contributed by atoms with van der Waals surface area (Å²) in [7, 11) is 1.53. The van der Waals surface area contributed by atoms with Gasteiger partial charge in [-0.05, 0) is 34.9 Å². The number of para-hydroxylation sites is 1. The fourth-order valence-electron chi connectivity index (χ4n) is 4.43. The zero-order valence-electron chi connectivity index (χ0n) is 17.8. The Kier molecular flexibility index (Phi) is 4.78. The van der Waals surface area contributed by atoms with Crippen molar-refractivity contribution in [3.63, 3.8) is 0 Å². The second-order valence-electron chi connectivity index (χ2n) is 8.09. The van der Waals surface area contributed by atoms with Gasteiger partial charge in [0.25, 0.3) is 11.8 Å². The molecule has 0 aromatic heterocycles. The number of nitrogens with one attached hydrogen (secondary N) is 2. The van der Waals surface area contributed by atoms with E-state index in [0.29, 0.717) is 29.0 Å². The van der Waals surface area contributed by atoms with E-state index in [4.69, 9.17) is 4.74 Å². The van der Waals surface area contributed by atoms with Crippen LogP contribution in [0, 0.1) is 0 Å². The molecule has 8 heteroatoms. The van der Waals surface area contributed by atoms with Crippen molar-refractivity contribution < 1.29 is 24.2 Å². The molecule has 3 aromatic carbocycles. The highest BCUT2D eigenvalue weighted by molar-refractivity contribution is 6.08. The first-order valence-corrected chi connectivity index (χ1v) is 10.4. The molecular weight excluding hydrogens is 422 g/mol. The molecule has 0 bridgehead atoms. The van der Waals surface area contributed by atoms with Gasteiger partial charge in [-0.1, -0.05) is 48.5 Å². The van der Waals surface area contributed by atoms with E-state index in [9.17, 15) is 19.5 Å². The number of phenolic OH excluding ortho intramolecular Hbond substituents is 1. The summed E-state index contributed by atoms with van der Waals surface area (Å²) in [5.41, 5.74) is 1.85. The maximum atomic E-state index is 13.1. The fraction of sp³-hybridized carbons (Fsp3) is 0.160. The van der Waals surface area contributed by atoms with Gasteiger partial charge in [0.15, 0.2) is 5.54 Å². The molecule has 166 valence electrons. The molecule has 0 spiro atoms. The van der Waals surface area contributed by atoms with Crippen LogP contribution in [0.1, 0.15) is 21.5 Å². The van der Waals surface area contributed by atoms with E-state index in [1.807, 2.05) is 12.1 Å². The summed E-state index contributed by atoms with van der Waals surface area (Å²) in [6.07, 6.45) is 0. The van der Waals surface area contributed by atoms with E-state index in [0.717, 1.165) is 11.1 Å². The number of imide groups is 1. The molecule has 0 unspecified atom stereocenters. The third-order valence-corrected chi connectivity index (χ3v) is 6.16. The predicted molar refractivity (Wildman–Crippen MR) is 120 cm³/mol. The van der Waals surface area contributed by atoms with Crippen molar-refractivity contribution in [2.24, 2.45) is 0 Å². The first-order chi connectivity index (χ1) is 15.9. The highest BCUT2D eigenvalue weighted by Crippen LogP contribution is 2.34. The molecule has 0 aliphatic carbocycles. The second-order valence-corrected chi connectivity index (χ2v) is 8.09. The van der Waals surface area contributed by atoms with Gasteiger partial charge in [-0.2, -0.15) is 0 Å². The van der Waals surface area contributed by atoms with Gasteiger partial charge in [0.05, 0.1) is 13.7 Å². The number of nitrogens with zero attached hydrogens (tertiary/aromatic N) is 1. The van der Waals surface area contributed by atoms with Gasteiger partial charge in [-0.25, -0.2) is 4.79 Å². The third kappa shape index (κ3) is 3.36. The van der Waals surface area contributed by atoms with Crippen molar-refractivity contribution >= 4 is 17.8 Å². The highest BCUT2D eigenvalue weighted by Gasteiger charge is 2.50. The molecule has 2 aliphatic rings. The van der Waals surface area contributed by atoms with Crippen molar-refractivity contribution in [1.82, 2.24) is 15.5 Å². The molecular formula is C25H21N3O5. The topological polar surface area (TPSA) is 108 Å². The molecule has 1 fully saturated rings. The Morgan fingerprint density at radius 3 is 2.42 bits per heavy atom. The molecule has 33 heavy (non-hydrogen) atoms. The van der Waals surface area contributed by atoms with Gasteiger partial charge in [-0.3, -0.25) is 14.9 Å². The van der Waals surface area contributed by atoms with Crippen molar-refractivity contribution in [1.29, 1.82) is 0 Å². The van der Waals surface area contributed by atoms with Crippen molar-refractivity contribution in [3.05, 3.63) is 83.4 Å². The monoisotopic (exact) mass is 443 g/mol. The van der Waals surface area contributed by atoms with Crippen LogP contribution in [0.4, 0.5) is 4.79 Å². The summed E-state index contributed by atoms with van der Waals surface area (Å²) in [6, 6.07) is 18.6. The summed E-state index contributed by atoms with van der Waals surface area (Å²) in [5.74, 6) is -0.0414. The van der Waals surface area contributed by atoms with E-state index in [-0.39, 0.29) is 18.2 Å². The lowest BCUT2D eigenvalue weighted by Gasteiger charge is -2.31. The number of methoxy groups -OCH3 is 1. The minimum atomic E-state index is -1.43. The number of hydrogen-bond acceptors (Lipinski definition) is 5. The maximum Gasteiger partial charge on any atom is 0.322 e. The summed E-state index contributed by atoms with van der Waals surface area (Å²) in [4.78, 5) is 39.8. The number of amides is 4. The number of urea groups is 1. The molecule has 5 rings (SSSR count). The van der Waals surface area contributed by atoms with Crippen molar-refractivity contribution in [2.75, 3.05) is 13.7 Å². The van der Waals surface area contributed by atoms with Gasteiger partial charge >= 0.3 is 6.03 Å². The second kappa shape index (κ2) is 7.67. The summed E-state index contributed by atoms with van der Waals surface area (Å²) in [5, 5.41) is 15.2. The van der Waals surface area contributed by atoms with E-state index >= 15 is 0 Å². The average molecular weight is 443 g/mol. The minimum absolute atomic E-state index is 0.0314. The lowest BCUT2D eigenvalue weighted by Crippen LogP contribution is -2.52. The lowest BCUT2D eigenvalue weighted by molar-refractivity contribution is -0.124. The van der Waals surface area contributed by atoms with Crippen LogP contribution in [0.5, 0.6) is 11.5 Å². The van der Waals surface area contributed by atoms with E-state index < -0.39 is 17.5 Å². The third-order valence-electron chi connectivity index (χ3n) is 6.16. The first-order valence-electron chi connectivity index (χ1n) is 10.4. The largest absolute Gasteiger partial charge is 0.507 e. The van der Waals surface area contributed by atoms with Gasteiger partial charge in [-0.15, -0.1) is 0 Å². The summed E-state index contributed by atoms with van der Waals surface area (Å²) in [6.45, 7) is 0.287. The molecule has 0 saturated carbocycles. The number of aromatic hydroxyl groups is 1. The molecule has 8 nitrogen and oxygen atoms in total. The number of benzene rings is 3.